The maximum atomic E-state index is 13.9. The van der Waals surface area contributed by atoms with Gasteiger partial charge in [-0.15, -0.1) is 0 Å². The van der Waals surface area contributed by atoms with Gasteiger partial charge in [-0.25, -0.2) is 4.39 Å². The lowest BCUT2D eigenvalue weighted by atomic mass is 10.4. The fourth-order valence-corrected chi connectivity index (χ4v) is 4.21. The third-order valence-corrected chi connectivity index (χ3v) is 5.66. The van der Waals surface area contributed by atoms with E-state index in [0.29, 0.717) is 0 Å². The largest absolute Gasteiger partial charge is 0.481 e. The zero-order chi connectivity index (χ0) is 17.9. The van der Waals surface area contributed by atoms with E-state index in [4.69, 9.17) is 0 Å². The van der Waals surface area contributed by atoms with Crippen molar-refractivity contribution >= 4 is 24.7 Å². The number of benzene rings is 1. The molecule has 0 saturated heterocycles. The lowest BCUT2D eigenvalue weighted by Crippen LogP contribution is -2.61. The molecule has 12 heteroatoms. The average Bonchev–Trinajstić information content (AvgIpc) is 2.45. The summed E-state index contributed by atoms with van der Waals surface area (Å²) in [5.41, 5.74) is -2.56. The molecule has 1 aromatic carbocycles. The van der Waals surface area contributed by atoms with Crippen LogP contribution in [0.15, 0.2) is 41.9 Å². The SMILES string of the molecule is CCO[Si](OC(F)(F)C(F)(F)F)(C(F)=C(F)F)c1ccccc1.[SiH4]. The molecule has 0 radical (unpaired) electrons. The van der Waals surface area contributed by atoms with Gasteiger partial charge in [-0.3, -0.25) is 0 Å². The minimum atomic E-state index is -6.23. The van der Waals surface area contributed by atoms with Crippen LogP contribution in [0.3, 0.4) is 0 Å². The highest BCUT2D eigenvalue weighted by molar-refractivity contribution is 6.87. The molecule has 1 aromatic rings. The van der Waals surface area contributed by atoms with Crippen LogP contribution in [0.1, 0.15) is 6.92 Å². The predicted octanol–water partition coefficient (Wildman–Crippen LogP) is 2.71. The molecule has 0 N–H and O–H groups in total. The summed E-state index contributed by atoms with van der Waals surface area (Å²) in [7, 11) is -5.59. The summed E-state index contributed by atoms with van der Waals surface area (Å²) in [6.45, 7) is 0.485. The van der Waals surface area contributed by atoms with E-state index < -0.39 is 44.2 Å². The lowest BCUT2D eigenvalue weighted by Gasteiger charge is -2.32. The summed E-state index contributed by atoms with van der Waals surface area (Å²) in [5, 5.41) is -0.656. The van der Waals surface area contributed by atoms with Crippen LogP contribution in [0, 0.1) is 0 Å². The fourth-order valence-electron chi connectivity index (χ4n) is 1.63. The first kappa shape index (κ1) is 22.8. The van der Waals surface area contributed by atoms with Crippen LogP contribution < -0.4 is 5.19 Å². The zero-order valence-electron chi connectivity index (χ0n) is 11.4. The van der Waals surface area contributed by atoms with E-state index in [9.17, 15) is 35.1 Å². The van der Waals surface area contributed by atoms with Crippen molar-refractivity contribution in [1.29, 1.82) is 0 Å². The Labute approximate surface area is 137 Å². The van der Waals surface area contributed by atoms with Gasteiger partial charge in [0.25, 0.3) is 0 Å². The second-order valence-electron chi connectivity index (χ2n) is 4.11. The van der Waals surface area contributed by atoms with Gasteiger partial charge in [-0.1, -0.05) is 30.3 Å². The summed E-state index contributed by atoms with van der Waals surface area (Å²) < 4.78 is 111. The standard InChI is InChI=1S/C12H10F8O2Si.H4Si/c1-2-21-23(10(15)9(13)14,8-6-4-3-5-7-8)22-12(19,20)11(16,17)18;/h3-7H,2H2,1H3;1H4. The van der Waals surface area contributed by atoms with E-state index >= 15 is 0 Å². The molecule has 0 aliphatic rings. The maximum Gasteiger partial charge on any atom is 0.481 e. The minimum absolute atomic E-state index is 0. The van der Waals surface area contributed by atoms with Crippen molar-refractivity contribution < 1.29 is 44.0 Å². The first-order chi connectivity index (χ1) is 10.5. The second-order valence-corrected chi connectivity index (χ2v) is 6.85. The Morgan fingerprint density at radius 1 is 1.00 bits per heavy atom. The third kappa shape index (κ3) is 4.65. The summed E-state index contributed by atoms with van der Waals surface area (Å²) in [5.74, 6) is 0. The highest BCUT2D eigenvalue weighted by Gasteiger charge is 2.66. The van der Waals surface area contributed by atoms with Gasteiger partial charge < -0.3 is 8.85 Å². The van der Waals surface area contributed by atoms with Gasteiger partial charge in [0.15, 0.2) is 0 Å². The van der Waals surface area contributed by atoms with Crippen molar-refractivity contribution in [2.24, 2.45) is 0 Å². The molecule has 24 heavy (non-hydrogen) atoms. The molecular formula is C12H14F8O2Si2. The summed E-state index contributed by atoms with van der Waals surface area (Å²) >= 11 is 0. The minimum Gasteiger partial charge on any atom is -0.387 e. The summed E-state index contributed by atoms with van der Waals surface area (Å²) in [6, 6.07) is 5.33. The van der Waals surface area contributed by atoms with Gasteiger partial charge in [0.2, 0.25) is 5.45 Å². The van der Waals surface area contributed by atoms with Crippen LogP contribution in [0.25, 0.3) is 0 Å². The topological polar surface area (TPSA) is 18.5 Å². The highest BCUT2D eigenvalue weighted by atomic mass is 28.4. The predicted molar refractivity (Wildman–Crippen MR) is 77.2 cm³/mol. The average molecular weight is 398 g/mol. The van der Waals surface area contributed by atoms with E-state index in [0.717, 1.165) is 31.2 Å². The first-order valence-corrected chi connectivity index (χ1v) is 7.85. The molecular weight excluding hydrogens is 384 g/mol. The van der Waals surface area contributed by atoms with Crippen molar-refractivity contribution in [3.8, 4) is 0 Å². The fraction of sp³-hybridized carbons (Fsp3) is 0.333. The van der Waals surface area contributed by atoms with E-state index in [1.165, 1.54) is 6.07 Å². The Morgan fingerprint density at radius 3 is 1.88 bits per heavy atom. The van der Waals surface area contributed by atoms with Crippen molar-refractivity contribution in [3.63, 3.8) is 0 Å². The Kier molecular flexibility index (Phi) is 7.80. The van der Waals surface area contributed by atoms with Crippen LogP contribution in [-0.4, -0.2) is 38.4 Å². The quantitative estimate of drug-likeness (QED) is 0.542. The molecule has 138 valence electrons. The number of hydrogen-bond donors (Lipinski definition) is 0. The molecule has 0 heterocycles. The molecule has 1 rings (SSSR count). The number of hydrogen-bond acceptors (Lipinski definition) is 2. The van der Waals surface area contributed by atoms with Gasteiger partial charge in [0, 0.05) is 11.8 Å². The monoisotopic (exact) mass is 398 g/mol. The van der Waals surface area contributed by atoms with Crippen LogP contribution in [0.2, 0.25) is 0 Å². The normalized spacial score (nSPS) is 14.5. The molecule has 1 unspecified atom stereocenters. The van der Waals surface area contributed by atoms with Gasteiger partial charge in [-0.05, 0) is 17.9 Å². The molecule has 0 aromatic heterocycles. The molecule has 0 aliphatic heterocycles. The van der Waals surface area contributed by atoms with E-state index in [-0.39, 0.29) is 11.0 Å². The smallest absolute Gasteiger partial charge is 0.387 e. The highest BCUT2D eigenvalue weighted by Crippen LogP contribution is 2.40. The van der Waals surface area contributed by atoms with Crippen molar-refractivity contribution in [1.82, 2.24) is 0 Å². The molecule has 0 bridgehead atoms. The Morgan fingerprint density at radius 2 is 1.50 bits per heavy atom. The molecule has 1 atom stereocenters. The molecule has 0 amide bonds. The number of halogens is 8. The first-order valence-electron chi connectivity index (χ1n) is 6.03. The molecule has 0 aliphatic carbocycles. The van der Waals surface area contributed by atoms with Gasteiger partial charge in [-0.2, -0.15) is 30.7 Å². The van der Waals surface area contributed by atoms with Crippen LogP contribution in [0.4, 0.5) is 35.1 Å². The molecule has 0 saturated carbocycles. The van der Waals surface area contributed by atoms with Crippen molar-refractivity contribution in [2.45, 2.75) is 19.2 Å². The number of rotatable bonds is 6. The summed E-state index contributed by atoms with van der Waals surface area (Å²) in [6.07, 6.45) is -15.2. The van der Waals surface area contributed by atoms with E-state index in [2.05, 4.69) is 8.85 Å². The second kappa shape index (κ2) is 8.22. The van der Waals surface area contributed by atoms with Crippen LogP contribution >= 0.6 is 0 Å². The van der Waals surface area contributed by atoms with Crippen molar-refractivity contribution in [2.75, 3.05) is 6.61 Å². The van der Waals surface area contributed by atoms with Crippen LogP contribution in [0.5, 0.6) is 0 Å². The Hall–Kier alpha value is -1.25. The van der Waals surface area contributed by atoms with Gasteiger partial charge in [0.05, 0.1) is 0 Å². The van der Waals surface area contributed by atoms with E-state index in [1.807, 2.05) is 0 Å². The Bertz CT molecular complexity index is 560. The number of alkyl halides is 5. The van der Waals surface area contributed by atoms with E-state index in [1.54, 1.807) is 0 Å². The zero-order valence-corrected chi connectivity index (χ0v) is 12.4. The Balaban J connectivity index is 0.00000529. The van der Waals surface area contributed by atoms with Crippen molar-refractivity contribution in [3.05, 3.63) is 41.9 Å². The third-order valence-electron chi connectivity index (χ3n) is 2.56. The van der Waals surface area contributed by atoms with Crippen LogP contribution in [-0.2, 0) is 8.85 Å². The lowest BCUT2D eigenvalue weighted by molar-refractivity contribution is -0.367. The van der Waals surface area contributed by atoms with Gasteiger partial charge >= 0.3 is 26.9 Å². The summed E-state index contributed by atoms with van der Waals surface area (Å²) in [4.78, 5) is 0. The molecule has 0 spiro atoms. The molecule has 0 fully saturated rings. The van der Waals surface area contributed by atoms with Gasteiger partial charge in [0.1, 0.15) is 0 Å². The molecule has 2 nitrogen and oxygen atoms in total. The maximum absolute atomic E-state index is 13.9.